The lowest BCUT2D eigenvalue weighted by molar-refractivity contribution is 0.463. The summed E-state index contributed by atoms with van der Waals surface area (Å²) in [6.45, 7) is 6.37. The molecule has 0 radical (unpaired) electrons. The minimum Gasteiger partial charge on any atom is -0.356 e. The molecular formula is C11H16BrN3. The standard InChI is InChI=1S/C11H16BrN3/c1-8-7-15(6-4-10(8)12)11-3-5-13-9(2)14-11/h3,5,8,10H,4,6-7H2,1-2H3. The molecule has 1 saturated heterocycles. The van der Waals surface area contributed by atoms with Crippen LogP contribution < -0.4 is 4.90 Å². The Kier molecular flexibility index (Phi) is 3.24. The summed E-state index contributed by atoms with van der Waals surface area (Å²) < 4.78 is 0. The van der Waals surface area contributed by atoms with Gasteiger partial charge in [0.2, 0.25) is 0 Å². The van der Waals surface area contributed by atoms with Crippen LogP contribution >= 0.6 is 15.9 Å². The van der Waals surface area contributed by atoms with Gasteiger partial charge in [0.15, 0.2) is 0 Å². The van der Waals surface area contributed by atoms with Crippen molar-refractivity contribution >= 4 is 21.7 Å². The Bertz CT molecular complexity index is 342. The van der Waals surface area contributed by atoms with Gasteiger partial charge in [-0.15, -0.1) is 0 Å². The fourth-order valence-electron chi connectivity index (χ4n) is 1.94. The largest absolute Gasteiger partial charge is 0.356 e. The quantitative estimate of drug-likeness (QED) is 0.734. The maximum absolute atomic E-state index is 4.46. The Morgan fingerprint density at radius 2 is 2.33 bits per heavy atom. The molecule has 0 spiro atoms. The van der Waals surface area contributed by atoms with Gasteiger partial charge in [0, 0.05) is 24.1 Å². The van der Waals surface area contributed by atoms with E-state index in [1.807, 2.05) is 19.2 Å². The van der Waals surface area contributed by atoms with Crippen LogP contribution in [0.2, 0.25) is 0 Å². The number of rotatable bonds is 1. The molecule has 0 bridgehead atoms. The Labute approximate surface area is 99.0 Å². The zero-order chi connectivity index (χ0) is 10.8. The highest BCUT2D eigenvalue weighted by Gasteiger charge is 2.24. The first-order valence-corrected chi connectivity index (χ1v) is 6.27. The van der Waals surface area contributed by atoms with E-state index >= 15 is 0 Å². The number of halogens is 1. The smallest absolute Gasteiger partial charge is 0.132 e. The van der Waals surface area contributed by atoms with E-state index in [1.165, 1.54) is 6.42 Å². The molecule has 0 aliphatic carbocycles. The molecule has 15 heavy (non-hydrogen) atoms. The van der Waals surface area contributed by atoms with Crippen LogP contribution in [0, 0.1) is 12.8 Å². The fraction of sp³-hybridized carbons (Fsp3) is 0.636. The molecule has 1 fully saturated rings. The number of hydrogen-bond donors (Lipinski definition) is 0. The molecule has 0 amide bonds. The number of nitrogens with zero attached hydrogens (tertiary/aromatic N) is 3. The fourth-order valence-corrected chi connectivity index (χ4v) is 2.32. The molecule has 2 atom stereocenters. The SMILES string of the molecule is Cc1nccc(N2CCC(Br)C(C)C2)n1. The van der Waals surface area contributed by atoms with Crippen molar-refractivity contribution in [2.75, 3.05) is 18.0 Å². The first-order valence-electron chi connectivity index (χ1n) is 5.35. The summed E-state index contributed by atoms with van der Waals surface area (Å²) in [6, 6.07) is 1.99. The second-order valence-corrected chi connectivity index (χ2v) is 5.37. The Morgan fingerprint density at radius 1 is 1.53 bits per heavy atom. The lowest BCUT2D eigenvalue weighted by Gasteiger charge is -2.35. The van der Waals surface area contributed by atoms with Crippen LogP contribution in [0.4, 0.5) is 5.82 Å². The molecule has 0 saturated carbocycles. The second-order valence-electron chi connectivity index (χ2n) is 4.19. The normalized spacial score (nSPS) is 26.7. The minimum absolute atomic E-state index is 0.650. The maximum Gasteiger partial charge on any atom is 0.132 e. The first kappa shape index (κ1) is 10.9. The van der Waals surface area contributed by atoms with Crippen molar-refractivity contribution < 1.29 is 0 Å². The van der Waals surface area contributed by atoms with Gasteiger partial charge in [0.1, 0.15) is 11.6 Å². The highest BCUT2D eigenvalue weighted by molar-refractivity contribution is 9.09. The Hall–Kier alpha value is -0.640. The molecule has 3 nitrogen and oxygen atoms in total. The molecule has 1 aliphatic heterocycles. The zero-order valence-electron chi connectivity index (χ0n) is 9.15. The van der Waals surface area contributed by atoms with E-state index in [0.717, 1.165) is 24.7 Å². The molecule has 0 N–H and O–H groups in total. The van der Waals surface area contributed by atoms with Gasteiger partial charge in [-0.2, -0.15) is 0 Å². The molecule has 1 aromatic rings. The molecule has 2 heterocycles. The van der Waals surface area contributed by atoms with Gasteiger partial charge in [0.05, 0.1) is 0 Å². The lowest BCUT2D eigenvalue weighted by atomic mass is 10.0. The summed E-state index contributed by atoms with van der Waals surface area (Å²) in [4.78, 5) is 11.6. The summed E-state index contributed by atoms with van der Waals surface area (Å²) in [5.41, 5.74) is 0. The Balaban J connectivity index is 2.12. The van der Waals surface area contributed by atoms with Crippen molar-refractivity contribution in [2.24, 2.45) is 5.92 Å². The predicted molar refractivity (Wildman–Crippen MR) is 65.5 cm³/mol. The van der Waals surface area contributed by atoms with Gasteiger partial charge in [-0.3, -0.25) is 0 Å². The van der Waals surface area contributed by atoms with Crippen molar-refractivity contribution in [3.63, 3.8) is 0 Å². The number of alkyl halides is 1. The van der Waals surface area contributed by atoms with Gasteiger partial charge < -0.3 is 4.90 Å². The van der Waals surface area contributed by atoms with Crippen molar-refractivity contribution in [2.45, 2.75) is 25.1 Å². The summed E-state index contributed by atoms with van der Waals surface area (Å²) in [6.07, 6.45) is 3.02. The third-order valence-electron chi connectivity index (χ3n) is 2.89. The molecule has 2 rings (SSSR count). The summed E-state index contributed by atoms with van der Waals surface area (Å²) in [5.74, 6) is 2.59. The zero-order valence-corrected chi connectivity index (χ0v) is 10.7. The summed E-state index contributed by atoms with van der Waals surface area (Å²) >= 11 is 3.71. The van der Waals surface area contributed by atoms with Gasteiger partial charge >= 0.3 is 0 Å². The average molecular weight is 270 g/mol. The monoisotopic (exact) mass is 269 g/mol. The minimum atomic E-state index is 0.650. The van der Waals surface area contributed by atoms with Gasteiger partial charge in [-0.05, 0) is 25.3 Å². The van der Waals surface area contributed by atoms with Crippen LogP contribution in [0.15, 0.2) is 12.3 Å². The van der Waals surface area contributed by atoms with Crippen LogP contribution in [-0.4, -0.2) is 27.9 Å². The van der Waals surface area contributed by atoms with E-state index in [0.29, 0.717) is 10.7 Å². The van der Waals surface area contributed by atoms with Gasteiger partial charge in [0.25, 0.3) is 0 Å². The Morgan fingerprint density at radius 3 is 3.00 bits per heavy atom. The molecule has 1 aromatic heterocycles. The summed E-state index contributed by atoms with van der Waals surface area (Å²) in [5, 5.41) is 0. The summed E-state index contributed by atoms with van der Waals surface area (Å²) in [7, 11) is 0. The first-order chi connectivity index (χ1) is 7.16. The molecule has 0 aromatic carbocycles. The maximum atomic E-state index is 4.46. The molecule has 2 unspecified atom stereocenters. The van der Waals surface area contributed by atoms with Crippen molar-refractivity contribution in [1.82, 2.24) is 9.97 Å². The van der Waals surface area contributed by atoms with E-state index in [1.54, 1.807) is 0 Å². The average Bonchev–Trinajstić information content (AvgIpc) is 2.22. The third kappa shape index (κ3) is 2.48. The van der Waals surface area contributed by atoms with E-state index in [-0.39, 0.29) is 0 Å². The number of anilines is 1. The van der Waals surface area contributed by atoms with E-state index in [9.17, 15) is 0 Å². The molecule has 82 valence electrons. The van der Waals surface area contributed by atoms with Crippen molar-refractivity contribution in [1.29, 1.82) is 0 Å². The van der Waals surface area contributed by atoms with Crippen LogP contribution in [0.25, 0.3) is 0 Å². The highest BCUT2D eigenvalue weighted by Crippen LogP contribution is 2.26. The van der Waals surface area contributed by atoms with Gasteiger partial charge in [-0.1, -0.05) is 22.9 Å². The van der Waals surface area contributed by atoms with Crippen molar-refractivity contribution in [3.8, 4) is 0 Å². The van der Waals surface area contributed by atoms with Crippen LogP contribution in [-0.2, 0) is 0 Å². The highest BCUT2D eigenvalue weighted by atomic mass is 79.9. The van der Waals surface area contributed by atoms with Crippen LogP contribution in [0.1, 0.15) is 19.2 Å². The lowest BCUT2D eigenvalue weighted by Crippen LogP contribution is -2.40. The predicted octanol–water partition coefficient (Wildman–Crippen LogP) is 2.39. The topological polar surface area (TPSA) is 29.0 Å². The van der Waals surface area contributed by atoms with Gasteiger partial charge in [-0.25, -0.2) is 9.97 Å². The van der Waals surface area contributed by atoms with E-state index < -0.39 is 0 Å². The molecule has 4 heteroatoms. The molecule has 1 aliphatic rings. The number of aryl methyl sites for hydroxylation is 1. The third-order valence-corrected chi connectivity index (χ3v) is 4.25. The molecular weight excluding hydrogens is 254 g/mol. The number of piperidine rings is 1. The van der Waals surface area contributed by atoms with Crippen molar-refractivity contribution in [3.05, 3.63) is 18.1 Å². The van der Waals surface area contributed by atoms with Crippen LogP contribution in [0.5, 0.6) is 0 Å². The van der Waals surface area contributed by atoms with E-state index in [4.69, 9.17) is 0 Å². The number of aromatic nitrogens is 2. The second kappa shape index (κ2) is 4.47. The van der Waals surface area contributed by atoms with E-state index in [2.05, 4.69) is 37.7 Å². The number of hydrogen-bond acceptors (Lipinski definition) is 3. The van der Waals surface area contributed by atoms with Crippen LogP contribution in [0.3, 0.4) is 0 Å².